The van der Waals surface area contributed by atoms with Crippen LogP contribution in [0.1, 0.15) is 71.1 Å². The van der Waals surface area contributed by atoms with Gasteiger partial charge in [0.25, 0.3) is 0 Å². The first-order chi connectivity index (χ1) is 13.6. The molecule has 0 bridgehead atoms. The van der Waals surface area contributed by atoms with Gasteiger partial charge in [-0.25, -0.2) is 0 Å². The molecule has 0 radical (unpaired) electrons. The monoisotopic (exact) mass is 394 g/mol. The van der Waals surface area contributed by atoms with E-state index in [0.29, 0.717) is 31.2 Å². The number of nitrogens with zero attached hydrogens (tertiary/aromatic N) is 2. The lowest BCUT2D eigenvalue weighted by Gasteiger charge is -2.32. The number of Topliss-reactive ketones (excluding diaryl/α,β-unsaturated/α-hetero) is 1. The quantitative estimate of drug-likeness (QED) is 0.469. The molecular formula is C22H42N4O2. The zero-order chi connectivity index (χ0) is 20.2. The molecular weight excluding hydrogens is 352 g/mol. The van der Waals surface area contributed by atoms with Crippen LogP contribution in [0.2, 0.25) is 0 Å². The molecule has 1 aliphatic carbocycles. The fourth-order valence-corrected chi connectivity index (χ4v) is 4.21. The van der Waals surface area contributed by atoms with Crippen LogP contribution in [0.5, 0.6) is 0 Å². The van der Waals surface area contributed by atoms with E-state index in [9.17, 15) is 9.59 Å². The number of ketones is 1. The van der Waals surface area contributed by atoms with Crippen LogP contribution in [0.4, 0.5) is 0 Å². The largest absolute Gasteiger partial charge is 0.351 e. The molecule has 6 nitrogen and oxygen atoms in total. The van der Waals surface area contributed by atoms with Crippen LogP contribution >= 0.6 is 0 Å². The number of piperazine rings is 1. The Kier molecular flexibility index (Phi) is 11.1. The van der Waals surface area contributed by atoms with E-state index in [1.807, 2.05) is 6.92 Å². The van der Waals surface area contributed by atoms with Crippen molar-refractivity contribution in [2.75, 3.05) is 46.3 Å². The molecule has 2 N–H and O–H groups in total. The van der Waals surface area contributed by atoms with Crippen molar-refractivity contribution >= 4 is 11.7 Å². The zero-order valence-corrected chi connectivity index (χ0v) is 18.2. The van der Waals surface area contributed by atoms with E-state index in [4.69, 9.17) is 0 Å². The van der Waals surface area contributed by atoms with Gasteiger partial charge in [-0.3, -0.25) is 14.5 Å². The third kappa shape index (κ3) is 9.48. The number of carbonyl (C=O) groups excluding carboxylic acids is 2. The molecule has 2 aliphatic rings. The van der Waals surface area contributed by atoms with Gasteiger partial charge in [0.15, 0.2) is 0 Å². The van der Waals surface area contributed by atoms with E-state index < -0.39 is 0 Å². The van der Waals surface area contributed by atoms with Gasteiger partial charge in [0.05, 0.1) is 6.54 Å². The van der Waals surface area contributed by atoms with Crippen LogP contribution < -0.4 is 10.6 Å². The molecule has 162 valence electrons. The number of likely N-dealkylation sites (N-methyl/N-ethyl adjacent to an activating group) is 1. The van der Waals surface area contributed by atoms with Gasteiger partial charge in [-0.2, -0.15) is 0 Å². The lowest BCUT2D eigenvalue weighted by molar-refractivity contribution is -0.123. The molecule has 6 heteroatoms. The molecule has 2 rings (SSSR count). The lowest BCUT2D eigenvalue weighted by Crippen LogP contribution is -2.51. The van der Waals surface area contributed by atoms with Gasteiger partial charge < -0.3 is 15.5 Å². The molecule has 0 aromatic heterocycles. The maximum atomic E-state index is 12.6. The number of unbranched alkanes of at least 4 members (excludes halogenated alkanes) is 2. The Balaban J connectivity index is 1.70. The third-order valence-corrected chi connectivity index (χ3v) is 6.24. The van der Waals surface area contributed by atoms with Crippen molar-refractivity contribution in [3.63, 3.8) is 0 Å². The van der Waals surface area contributed by atoms with Crippen LogP contribution in [-0.4, -0.2) is 79.9 Å². The number of carbonyl (C=O) groups is 2. The van der Waals surface area contributed by atoms with Crippen LogP contribution in [0.25, 0.3) is 0 Å². The molecule has 1 atom stereocenters. The van der Waals surface area contributed by atoms with E-state index in [0.717, 1.165) is 58.4 Å². The summed E-state index contributed by atoms with van der Waals surface area (Å²) >= 11 is 0. The van der Waals surface area contributed by atoms with Gasteiger partial charge >= 0.3 is 0 Å². The van der Waals surface area contributed by atoms with Gasteiger partial charge in [-0.1, -0.05) is 32.6 Å². The number of hydrogen-bond acceptors (Lipinski definition) is 5. The Morgan fingerprint density at radius 3 is 2.43 bits per heavy atom. The Hall–Kier alpha value is -0.980. The number of amides is 1. The van der Waals surface area contributed by atoms with Crippen LogP contribution in [0.15, 0.2) is 0 Å². The van der Waals surface area contributed by atoms with Gasteiger partial charge in [-0.15, -0.1) is 0 Å². The summed E-state index contributed by atoms with van der Waals surface area (Å²) in [4.78, 5) is 28.6. The van der Waals surface area contributed by atoms with E-state index in [2.05, 4.69) is 27.5 Å². The van der Waals surface area contributed by atoms with Crippen molar-refractivity contribution in [2.45, 2.75) is 83.2 Å². The highest BCUT2D eigenvalue weighted by Gasteiger charge is 2.20. The first-order valence-electron chi connectivity index (χ1n) is 11.5. The molecule has 1 saturated carbocycles. The summed E-state index contributed by atoms with van der Waals surface area (Å²) in [6.45, 7) is 7.34. The molecule has 0 aromatic rings. The summed E-state index contributed by atoms with van der Waals surface area (Å²) in [5.74, 6) is 0.517. The summed E-state index contributed by atoms with van der Waals surface area (Å²) in [6, 6.07) is 0.821. The molecule has 28 heavy (non-hydrogen) atoms. The molecule has 0 aromatic carbocycles. The van der Waals surface area contributed by atoms with Crippen molar-refractivity contribution in [3.8, 4) is 0 Å². The highest BCUT2D eigenvalue weighted by atomic mass is 16.2. The van der Waals surface area contributed by atoms with Crippen LogP contribution in [0, 0.1) is 0 Å². The van der Waals surface area contributed by atoms with Crippen molar-refractivity contribution in [1.82, 2.24) is 20.4 Å². The smallest absolute Gasteiger partial charge is 0.234 e. The Bertz CT molecular complexity index is 457. The minimum atomic E-state index is 0.156. The normalized spacial score (nSPS) is 20.4. The molecule has 0 spiro atoms. The Labute approximate surface area is 171 Å². The summed E-state index contributed by atoms with van der Waals surface area (Å²) < 4.78 is 0. The first kappa shape index (κ1) is 23.3. The number of rotatable bonds is 13. The van der Waals surface area contributed by atoms with E-state index >= 15 is 0 Å². The second kappa shape index (κ2) is 13.3. The fourth-order valence-electron chi connectivity index (χ4n) is 4.21. The van der Waals surface area contributed by atoms with Gasteiger partial charge in [0, 0.05) is 57.6 Å². The summed E-state index contributed by atoms with van der Waals surface area (Å²) in [5, 5.41) is 6.96. The molecule has 2 fully saturated rings. The highest BCUT2D eigenvalue weighted by Crippen LogP contribution is 2.17. The summed E-state index contributed by atoms with van der Waals surface area (Å²) in [7, 11) is 2.14. The van der Waals surface area contributed by atoms with Gasteiger partial charge in [-0.05, 0) is 32.7 Å². The van der Waals surface area contributed by atoms with E-state index in [1.54, 1.807) is 0 Å². The number of nitrogens with one attached hydrogen (secondary N) is 2. The summed E-state index contributed by atoms with van der Waals surface area (Å²) in [6.07, 6.45) is 10.6. The van der Waals surface area contributed by atoms with E-state index in [1.165, 1.54) is 25.7 Å². The van der Waals surface area contributed by atoms with Crippen molar-refractivity contribution in [3.05, 3.63) is 0 Å². The average Bonchev–Trinajstić information content (AvgIpc) is 3.20. The first-order valence-corrected chi connectivity index (χ1v) is 11.5. The SMILES string of the molecule is CCC(=O)CCCCCC(CNC1CCCC1)NC(=O)CN1CCN(C)CC1. The van der Waals surface area contributed by atoms with Crippen LogP contribution in [0.3, 0.4) is 0 Å². The summed E-state index contributed by atoms with van der Waals surface area (Å²) in [5.41, 5.74) is 0. The minimum absolute atomic E-state index is 0.156. The van der Waals surface area contributed by atoms with Crippen molar-refractivity contribution in [1.29, 1.82) is 0 Å². The highest BCUT2D eigenvalue weighted by molar-refractivity contribution is 5.78. The maximum absolute atomic E-state index is 12.6. The molecule has 1 heterocycles. The second-order valence-electron chi connectivity index (χ2n) is 8.73. The average molecular weight is 395 g/mol. The van der Waals surface area contributed by atoms with Gasteiger partial charge in [0.2, 0.25) is 5.91 Å². The predicted octanol–water partition coefficient (Wildman–Crippen LogP) is 2.18. The maximum Gasteiger partial charge on any atom is 0.234 e. The molecule has 1 aliphatic heterocycles. The zero-order valence-electron chi connectivity index (χ0n) is 18.2. The second-order valence-corrected chi connectivity index (χ2v) is 8.73. The fraction of sp³-hybridized carbons (Fsp3) is 0.909. The topological polar surface area (TPSA) is 64.7 Å². The minimum Gasteiger partial charge on any atom is -0.351 e. The lowest BCUT2D eigenvalue weighted by atomic mass is 10.0. The van der Waals surface area contributed by atoms with Crippen LogP contribution in [-0.2, 0) is 9.59 Å². The van der Waals surface area contributed by atoms with Crippen molar-refractivity contribution in [2.24, 2.45) is 0 Å². The predicted molar refractivity (Wildman–Crippen MR) is 115 cm³/mol. The van der Waals surface area contributed by atoms with E-state index in [-0.39, 0.29) is 11.9 Å². The Morgan fingerprint density at radius 2 is 1.75 bits per heavy atom. The van der Waals surface area contributed by atoms with Gasteiger partial charge in [0.1, 0.15) is 5.78 Å². The molecule has 1 amide bonds. The number of hydrogen-bond donors (Lipinski definition) is 2. The third-order valence-electron chi connectivity index (χ3n) is 6.24. The standard InChI is InChI=1S/C22H42N4O2/c1-3-21(27)12-6-4-5-11-20(17-23-19-9-7-8-10-19)24-22(28)18-26-15-13-25(2)14-16-26/h19-20,23H,3-18H2,1-2H3,(H,24,28). The Morgan fingerprint density at radius 1 is 1.04 bits per heavy atom. The molecule has 1 saturated heterocycles. The van der Waals surface area contributed by atoms with Crippen molar-refractivity contribution < 1.29 is 9.59 Å². The molecule has 1 unspecified atom stereocenters.